The lowest BCUT2D eigenvalue weighted by atomic mass is 10.1. The largest absolute Gasteiger partial charge is 0.497 e. The van der Waals surface area contributed by atoms with E-state index < -0.39 is 10.0 Å². The van der Waals surface area contributed by atoms with Gasteiger partial charge in [-0.25, -0.2) is 8.42 Å². The third-order valence-electron chi connectivity index (χ3n) is 4.31. The van der Waals surface area contributed by atoms with Gasteiger partial charge >= 0.3 is 0 Å². The molecular weight excluding hydrogens is 364 g/mol. The van der Waals surface area contributed by atoms with Crippen LogP contribution in [0.4, 0.5) is 0 Å². The predicted octanol–water partition coefficient (Wildman–Crippen LogP) is 2.47. The van der Waals surface area contributed by atoms with E-state index >= 15 is 0 Å². The van der Waals surface area contributed by atoms with Crippen molar-refractivity contribution in [2.45, 2.75) is 26.4 Å². The van der Waals surface area contributed by atoms with Crippen LogP contribution in [0.2, 0.25) is 0 Å². The van der Waals surface area contributed by atoms with Crippen molar-refractivity contribution < 1.29 is 17.9 Å². The Balaban J connectivity index is 1.91. The molecule has 0 atom stereocenters. The van der Waals surface area contributed by atoms with Crippen molar-refractivity contribution in [1.82, 2.24) is 9.62 Å². The van der Waals surface area contributed by atoms with Crippen LogP contribution < -0.4 is 10.1 Å². The van der Waals surface area contributed by atoms with Crippen LogP contribution in [-0.4, -0.2) is 38.5 Å². The number of carbonyl (C=O) groups is 1. The van der Waals surface area contributed by atoms with E-state index in [4.69, 9.17) is 4.74 Å². The minimum absolute atomic E-state index is 0.106. The number of carbonyl (C=O) groups excluding carboxylic acids is 1. The first kappa shape index (κ1) is 20.9. The summed E-state index contributed by atoms with van der Waals surface area (Å²) in [6.07, 6.45) is 1.26. The number of nitrogens with one attached hydrogen (secondary N) is 1. The second-order valence-electron chi connectivity index (χ2n) is 6.40. The van der Waals surface area contributed by atoms with Gasteiger partial charge in [0.15, 0.2) is 0 Å². The number of aryl methyl sites for hydroxylation is 1. The van der Waals surface area contributed by atoms with Crippen molar-refractivity contribution >= 4 is 15.9 Å². The zero-order valence-corrected chi connectivity index (χ0v) is 16.8. The summed E-state index contributed by atoms with van der Waals surface area (Å²) in [5, 5.41) is 2.85. The summed E-state index contributed by atoms with van der Waals surface area (Å²) < 4.78 is 30.5. The maximum atomic E-state index is 12.1. The van der Waals surface area contributed by atoms with Gasteiger partial charge in [0.05, 0.1) is 13.4 Å². The lowest BCUT2D eigenvalue weighted by Gasteiger charge is -2.20. The van der Waals surface area contributed by atoms with Crippen molar-refractivity contribution in [2.24, 2.45) is 0 Å². The minimum atomic E-state index is -3.43. The molecule has 0 saturated carbocycles. The van der Waals surface area contributed by atoms with Gasteiger partial charge in [0.1, 0.15) is 5.75 Å². The van der Waals surface area contributed by atoms with Gasteiger partial charge in [-0.05, 0) is 35.7 Å². The number of hydrogen-bond acceptors (Lipinski definition) is 4. The zero-order chi connectivity index (χ0) is 19.9. The molecule has 0 aliphatic rings. The second kappa shape index (κ2) is 9.53. The molecule has 146 valence electrons. The van der Waals surface area contributed by atoms with Crippen LogP contribution in [0.3, 0.4) is 0 Å². The molecule has 2 aromatic carbocycles. The van der Waals surface area contributed by atoms with Gasteiger partial charge in [0.25, 0.3) is 0 Å². The average molecular weight is 391 g/mol. The second-order valence-corrected chi connectivity index (χ2v) is 8.38. The fourth-order valence-electron chi connectivity index (χ4n) is 2.61. The van der Waals surface area contributed by atoms with Crippen LogP contribution in [0.25, 0.3) is 0 Å². The fraction of sp³-hybridized carbons (Fsp3) is 0.350. The van der Waals surface area contributed by atoms with E-state index in [2.05, 4.69) is 5.32 Å². The van der Waals surface area contributed by atoms with Crippen molar-refractivity contribution in [3.05, 3.63) is 65.2 Å². The van der Waals surface area contributed by atoms with E-state index in [1.54, 1.807) is 19.2 Å². The molecule has 0 aliphatic carbocycles. The van der Waals surface area contributed by atoms with Crippen LogP contribution in [0, 0.1) is 6.92 Å². The number of nitrogens with zero attached hydrogens (tertiary/aromatic N) is 1. The molecule has 0 heterocycles. The molecule has 0 spiro atoms. The third-order valence-corrected chi connectivity index (χ3v) is 5.56. The molecular formula is C20H26N2O4S. The minimum Gasteiger partial charge on any atom is -0.497 e. The Morgan fingerprint density at radius 1 is 1.11 bits per heavy atom. The number of ether oxygens (including phenoxy) is 1. The molecule has 1 N–H and O–H groups in total. The van der Waals surface area contributed by atoms with Crippen molar-refractivity contribution in [3.63, 3.8) is 0 Å². The third kappa shape index (κ3) is 6.69. The Kier molecular flexibility index (Phi) is 7.38. The van der Waals surface area contributed by atoms with E-state index in [0.29, 0.717) is 12.3 Å². The Morgan fingerprint density at radius 3 is 2.37 bits per heavy atom. The normalized spacial score (nSPS) is 11.4. The number of sulfonamides is 1. The fourth-order valence-corrected chi connectivity index (χ4v) is 3.42. The highest BCUT2D eigenvalue weighted by Gasteiger charge is 2.18. The number of benzene rings is 2. The van der Waals surface area contributed by atoms with Crippen LogP contribution in [0.15, 0.2) is 48.5 Å². The van der Waals surface area contributed by atoms with Crippen molar-refractivity contribution in [1.29, 1.82) is 0 Å². The molecule has 0 saturated heterocycles. The van der Waals surface area contributed by atoms with Gasteiger partial charge in [0, 0.05) is 26.1 Å². The first-order valence-electron chi connectivity index (χ1n) is 8.69. The summed E-state index contributed by atoms with van der Waals surface area (Å²) in [5.41, 5.74) is 2.99. The summed E-state index contributed by atoms with van der Waals surface area (Å²) >= 11 is 0. The number of hydrogen-bond donors (Lipinski definition) is 1. The van der Waals surface area contributed by atoms with Crippen LogP contribution in [0.5, 0.6) is 5.75 Å². The SMILES string of the molecule is COc1ccc(CN(CCC(=O)NCc2ccccc2C)S(C)(=O)=O)cc1. The molecule has 0 fully saturated rings. The molecule has 27 heavy (non-hydrogen) atoms. The van der Waals surface area contributed by atoms with Crippen LogP contribution in [-0.2, 0) is 27.9 Å². The van der Waals surface area contributed by atoms with Gasteiger partial charge in [-0.2, -0.15) is 4.31 Å². The lowest BCUT2D eigenvalue weighted by molar-refractivity contribution is -0.121. The van der Waals surface area contributed by atoms with E-state index in [9.17, 15) is 13.2 Å². The highest BCUT2D eigenvalue weighted by molar-refractivity contribution is 7.88. The molecule has 2 aromatic rings. The molecule has 0 radical (unpaired) electrons. The average Bonchev–Trinajstić information content (AvgIpc) is 2.64. The number of rotatable bonds is 9. The summed E-state index contributed by atoms with van der Waals surface area (Å²) in [6, 6.07) is 15.0. The van der Waals surface area contributed by atoms with Crippen LogP contribution >= 0.6 is 0 Å². The topological polar surface area (TPSA) is 75.7 Å². The highest BCUT2D eigenvalue weighted by atomic mass is 32.2. The van der Waals surface area contributed by atoms with Gasteiger partial charge in [-0.15, -0.1) is 0 Å². The maximum Gasteiger partial charge on any atom is 0.221 e. The van der Waals surface area contributed by atoms with Gasteiger partial charge in [0.2, 0.25) is 15.9 Å². The monoisotopic (exact) mass is 390 g/mol. The zero-order valence-electron chi connectivity index (χ0n) is 15.9. The number of amides is 1. The molecule has 1 amide bonds. The highest BCUT2D eigenvalue weighted by Crippen LogP contribution is 2.15. The molecule has 2 rings (SSSR count). The molecule has 0 bridgehead atoms. The Bertz CT molecular complexity index is 864. The number of methoxy groups -OCH3 is 1. The smallest absolute Gasteiger partial charge is 0.221 e. The standard InChI is InChI=1S/C20H26N2O4S/c1-16-6-4-5-7-18(16)14-21-20(23)12-13-22(27(3,24)25)15-17-8-10-19(26-2)11-9-17/h4-11H,12-15H2,1-3H3,(H,21,23). The van der Waals surface area contributed by atoms with E-state index in [1.165, 1.54) is 4.31 Å². The van der Waals surface area contributed by atoms with E-state index in [-0.39, 0.29) is 25.4 Å². The van der Waals surface area contributed by atoms with Gasteiger partial charge < -0.3 is 10.1 Å². The summed E-state index contributed by atoms with van der Waals surface area (Å²) in [7, 11) is -1.85. The summed E-state index contributed by atoms with van der Waals surface area (Å²) in [4.78, 5) is 12.1. The van der Waals surface area contributed by atoms with Gasteiger partial charge in [-0.3, -0.25) is 4.79 Å². The van der Waals surface area contributed by atoms with Crippen LogP contribution in [0.1, 0.15) is 23.1 Å². The quantitative estimate of drug-likeness (QED) is 0.714. The van der Waals surface area contributed by atoms with E-state index in [0.717, 1.165) is 22.9 Å². The Labute approximate surface area is 161 Å². The molecule has 0 aliphatic heterocycles. The van der Waals surface area contributed by atoms with Crippen molar-refractivity contribution in [2.75, 3.05) is 19.9 Å². The van der Waals surface area contributed by atoms with Gasteiger partial charge in [-0.1, -0.05) is 36.4 Å². The van der Waals surface area contributed by atoms with Crippen molar-refractivity contribution in [3.8, 4) is 5.75 Å². The predicted molar refractivity (Wildman–Crippen MR) is 106 cm³/mol. The molecule has 0 unspecified atom stereocenters. The Hall–Kier alpha value is -2.38. The molecule has 7 heteroatoms. The summed E-state index contributed by atoms with van der Waals surface area (Å²) in [5.74, 6) is 0.530. The summed E-state index contributed by atoms with van der Waals surface area (Å²) in [6.45, 7) is 2.77. The maximum absolute atomic E-state index is 12.1. The first-order chi connectivity index (χ1) is 12.8. The molecule has 0 aromatic heterocycles. The lowest BCUT2D eigenvalue weighted by Crippen LogP contribution is -2.34. The molecule has 6 nitrogen and oxygen atoms in total. The van der Waals surface area contributed by atoms with E-state index in [1.807, 2.05) is 43.3 Å². The Morgan fingerprint density at radius 2 is 1.78 bits per heavy atom. The first-order valence-corrected chi connectivity index (χ1v) is 10.5.